The van der Waals surface area contributed by atoms with Gasteiger partial charge in [0.15, 0.2) is 0 Å². The molecule has 0 aliphatic carbocycles. The van der Waals surface area contributed by atoms with Crippen LogP contribution in [0.4, 0.5) is 4.39 Å². The largest absolute Gasteiger partial charge is 0.487 e. The van der Waals surface area contributed by atoms with Crippen LogP contribution in [0.5, 0.6) is 5.75 Å². The van der Waals surface area contributed by atoms with Crippen LogP contribution in [0.25, 0.3) is 0 Å². The Balaban J connectivity index is 2.17. The molecule has 2 rings (SSSR count). The Bertz CT molecular complexity index is 570. The number of aromatic nitrogens is 1. The summed E-state index contributed by atoms with van der Waals surface area (Å²) in [6.45, 7) is 4.05. The number of rotatable bonds is 4. The molecule has 0 fully saturated rings. The third kappa shape index (κ3) is 3.51. The molecule has 1 aromatic heterocycles. The Hall–Kier alpha value is -1.94. The summed E-state index contributed by atoms with van der Waals surface area (Å²) < 4.78 is 18.9. The molecule has 0 aliphatic rings. The Morgan fingerprint density at radius 1 is 1.32 bits per heavy atom. The Morgan fingerprint density at radius 3 is 2.79 bits per heavy atom. The van der Waals surface area contributed by atoms with Crippen molar-refractivity contribution in [1.29, 1.82) is 0 Å². The fraction of sp³-hybridized carbons (Fsp3) is 0.267. The Morgan fingerprint density at radius 2 is 2.11 bits per heavy atom. The number of hydrogen-bond acceptors (Lipinski definition) is 3. The van der Waals surface area contributed by atoms with Crippen LogP contribution in [-0.2, 0) is 6.61 Å². The highest BCUT2D eigenvalue weighted by Crippen LogP contribution is 2.25. The summed E-state index contributed by atoms with van der Waals surface area (Å²) in [5, 5.41) is 0. The zero-order chi connectivity index (χ0) is 13.8. The lowest BCUT2D eigenvalue weighted by molar-refractivity contribution is 0.295. The van der Waals surface area contributed by atoms with Crippen molar-refractivity contribution in [2.24, 2.45) is 5.73 Å². The Labute approximate surface area is 112 Å². The van der Waals surface area contributed by atoms with Crippen LogP contribution >= 0.6 is 0 Å². The fourth-order valence-corrected chi connectivity index (χ4v) is 1.84. The van der Waals surface area contributed by atoms with Crippen molar-refractivity contribution in [3.8, 4) is 5.75 Å². The van der Waals surface area contributed by atoms with E-state index in [0.717, 1.165) is 17.0 Å². The van der Waals surface area contributed by atoms with Crippen LogP contribution in [0.3, 0.4) is 0 Å². The standard InChI is InChI=1S/C15H17FN2O/c1-10-4-3-5-13(18-10)9-19-15-8-12(16)6-7-14(15)11(2)17/h3-8,11H,9,17H2,1-2H3/t11-/m0/s1. The molecule has 100 valence electrons. The summed E-state index contributed by atoms with van der Waals surface area (Å²) in [7, 11) is 0. The average Bonchev–Trinajstić information content (AvgIpc) is 2.36. The number of hydrogen-bond donors (Lipinski definition) is 1. The van der Waals surface area contributed by atoms with E-state index >= 15 is 0 Å². The van der Waals surface area contributed by atoms with E-state index < -0.39 is 0 Å². The third-order valence-corrected chi connectivity index (χ3v) is 2.79. The number of aryl methyl sites for hydroxylation is 1. The van der Waals surface area contributed by atoms with Gasteiger partial charge in [-0.25, -0.2) is 4.39 Å². The lowest BCUT2D eigenvalue weighted by Gasteiger charge is -2.14. The minimum Gasteiger partial charge on any atom is -0.487 e. The molecular weight excluding hydrogens is 243 g/mol. The van der Waals surface area contributed by atoms with Crippen LogP contribution in [-0.4, -0.2) is 4.98 Å². The molecule has 2 N–H and O–H groups in total. The molecule has 4 heteroatoms. The second-order valence-electron chi connectivity index (χ2n) is 4.53. The highest BCUT2D eigenvalue weighted by atomic mass is 19.1. The van der Waals surface area contributed by atoms with Crippen molar-refractivity contribution in [3.63, 3.8) is 0 Å². The van der Waals surface area contributed by atoms with Crippen molar-refractivity contribution in [2.45, 2.75) is 26.5 Å². The second-order valence-corrected chi connectivity index (χ2v) is 4.53. The first-order valence-electron chi connectivity index (χ1n) is 6.16. The van der Waals surface area contributed by atoms with Crippen molar-refractivity contribution < 1.29 is 9.13 Å². The molecule has 2 aromatic rings. The minimum atomic E-state index is -0.336. The number of nitrogens with two attached hydrogens (primary N) is 1. The van der Waals surface area contributed by atoms with Gasteiger partial charge in [-0.15, -0.1) is 0 Å². The highest BCUT2D eigenvalue weighted by molar-refractivity contribution is 5.36. The van der Waals surface area contributed by atoms with E-state index in [1.807, 2.05) is 32.0 Å². The van der Waals surface area contributed by atoms with Crippen LogP contribution in [0.15, 0.2) is 36.4 Å². The van der Waals surface area contributed by atoms with Crippen molar-refractivity contribution in [3.05, 3.63) is 59.2 Å². The maximum absolute atomic E-state index is 13.3. The normalized spacial score (nSPS) is 12.2. The smallest absolute Gasteiger partial charge is 0.130 e. The van der Waals surface area contributed by atoms with Gasteiger partial charge in [0.2, 0.25) is 0 Å². The second kappa shape index (κ2) is 5.80. The third-order valence-electron chi connectivity index (χ3n) is 2.79. The van der Waals surface area contributed by atoms with Crippen molar-refractivity contribution in [1.82, 2.24) is 4.98 Å². The van der Waals surface area contributed by atoms with E-state index in [1.165, 1.54) is 12.1 Å². The summed E-state index contributed by atoms with van der Waals surface area (Å²) in [5.74, 6) is 0.134. The first-order chi connectivity index (χ1) is 9.06. The summed E-state index contributed by atoms with van der Waals surface area (Å²) in [5.41, 5.74) is 8.36. The first kappa shape index (κ1) is 13.5. The van der Waals surface area contributed by atoms with Crippen LogP contribution in [0.2, 0.25) is 0 Å². The van der Waals surface area contributed by atoms with E-state index in [1.54, 1.807) is 6.07 Å². The van der Waals surface area contributed by atoms with E-state index in [0.29, 0.717) is 12.4 Å². The van der Waals surface area contributed by atoms with Gasteiger partial charge in [-0.05, 0) is 32.0 Å². The van der Waals surface area contributed by atoms with E-state index in [-0.39, 0.29) is 11.9 Å². The van der Waals surface area contributed by atoms with Gasteiger partial charge in [0.05, 0.1) is 5.69 Å². The fourth-order valence-electron chi connectivity index (χ4n) is 1.84. The highest BCUT2D eigenvalue weighted by Gasteiger charge is 2.10. The molecule has 1 aromatic carbocycles. The van der Waals surface area contributed by atoms with Gasteiger partial charge in [-0.2, -0.15) is 0 Å². The molecule has 0 unspecified atom stereocenters. The molecule has 0 saturated carbocycles. The lowest BCUT2D eigenvalue weighted by Crippen LogP contribution is -2.09. The monoisotopic (exact) mass is 260 g/mol. The van der Waals surface area contributed by atoms with E-state index in [4.69, 9.17) is 10.5 Å². The quantitative estimate of drug-likeness (QED) is 0.918. The molecule has 0 amide bonds. The van der Waals surface area contributed by atoms with Gasteiger partial charge in [0.25, 0.3) is 0 Å². The molecule has 1 heterocycles. The first-order valence-corrected chi connectivity index (χ1v) is 6.16. The lowest BCUT2D eigenvalue weighted by atomic mass is 10.1. The molecule has 0 saturated heterocycles. The SMILES string of the molecule is Cc1cccc(COc2cc(F)ccc2[C@H](C)N)n1. The van der Waals surface area contributed by atoms with Gasteiger partial charge < -0.3 is 10.5 Å². The molecule has 1 atom stereocenters. The summed E-state index contributed by atoms with van der Waals surface area (Å²) in [6, 6.07) is 9.89. The van der Waals surface area contributed by atoms with Gasteiger partial charge in [0.1, 0.15) is 18.2 Å². The number of ether oxygens (including phenoxy) is 1. The molecule has 19 heavy (non-hydrogen) atoms. The predicted molar refractivity (Wildman–Crippen MR) is 72.3 cm³/mol. The maximum atomic E-state index is 13.3. The Kier molecular flexibility index (Phi) is 4.12. The van der Waals surface area contributed by atoms with Crippen LogP contribution in [0.1, 0.15) is 29.9 Å². The number of benzene rings is 1. The molecule has 3 nitrogen and oxygen atoms in total. The predicted octanol–water partition coefficient (Wildman–Crippen LogP) is 3.13. The number of pyridine rings is 1. The van der Waals surface area contributed by atoms with Crippen molar-refractivity contribution >= 4 is 0 Å². The van der Waals surface area contributed by atoms with Gasteiger partial charge in [0, 0.05) is 23.4 Å². The minimum absolute atomic E-state index is 0.207. The summed E-state index contributed by atoms with van der Waals surface area (Å²) >= 11 is 0. The van der Waals surface area contributed by atoms with E-state index in [9.17, 15) is 4.39 Å². The number of halogens is 1. The van der Waals surface area contributed by atoms with Gasteiger partial charge in [-0.1, -0.05) is 12.1 Å². The zero-order valence-corrected chi connectivity index (χ0v) is 11.1. The molecule has 0 aliphatic heterocycles. The molecule has 0 radical (unpaired) electrons. The summed E-state index contributed by atoms with van der Waals surface area (Å²) in [6.07, 6.45) is 0. The van der Waals surface area contributed by atoms with Crippen LogP contribution < -0.4 is 10.5 Å². The van der Waals surface area contributed by atoms with Gasteiger partial charge in [-0.3, -0.25) is 4.98 Å². The molecular formula is C15H17FN2O. The topological polar surface area (TPSA) is 48.1 Å². The van der Waals surface area contributed by atoms with E-state index in [2.05, 4.69) is 4.98 Å². The maximum Gasteiger partial charge on any atom is 0.130 e. The average molecular weight is 260 g/mol. The summed E-state index contributed by atoms with van der Waals surface area (Å²) in [4.78, 5) is 4.34. The van der Waals surface area contributed by atoms with Crippen molar-refractivity contribution in [2.75, 3.05) is 0 Å². The molecule has 0 spiro atoms. The zero-order valence-electron chi connectivity index (χ0n) is 11.1. The number of nitrogens with zero attached hydrogens (tertiary/aromatic N) is 1. The molecule has 0 bridgehead atoms. The van der Waals surface area contributed by atoms with Crippen LogP contribution in [0, 0.1) is 12.7 Å². The van der Waals surface area contributed by atoms with Gasteiger partial charge >= 0.3 is 0 Å².